The largest absolute Gasteiger partial charge is 0.322 e. The summed E-state index contributed by atoms with van der Waals surface area (Å²) in [4.78, 5) is 15.2. The van der Waals surface area contributed by atoms with Gasteiger partial charge in [0, 0.05) is 23.4 Å². The van der Waals surface area contributed by atoms with Gasteiger partial charge in [0.15, 0.2) is 0 Å². The van der Waals surface area contributed by atoms with Gasteiger partial charge in [-0.05, 0) is 56.6 Å². The molecule has 0 saturated carbocycles. The summed E-state index contributed by atoms with van der Waals surface area (Å²) in [5.41, 5.74) is 4.04. The first kappa shape index (κ1) is 18.4. The minimum atomic E-state index is -0.119. The first-order valence-corrected chi connectivity index (χ1v) is 9.79. The average molecular weight is 375 g/mol. The van der Waals surface area contributed by atoms with Crippen molar-refractivity contribution < 1.29 is 4.79 Å². The van der Waals surface area contributed by atoms with E-state index in [1.54, 1.807) is 0 Å². The molecule has 2 aromatic carbocycles. The average Bonchev–Trinajstić information content (AvgIpc) is 3.39. The minimum absolute atomic E-state index is 0.119. The number of anilines is 1. The van der Waals surface area contributed by atoms with E-state index in [9.17, 15) is 4.79 Å². The molecule has 6 nitrogen and oxygen atoms in total. The number of nitrogens with one attached hydrogen (secondary N) is 1. The molecule has 1 aliphatic rings. The third-order valence-corrected chi connectivity index (χ3v) is 5.19. The third-order valence-electron chi connectivity index (χ3n) is 5.19. The van der Waals surface area contributed by atoms with E-state index in [0.717, 1.165) is 35.6 Å². The Morgan fingerprint density at radius 3 is 2.64 bits per heavy atom. The molecule has 0 spiro atoms. The molecule has 1 aromatic heterocycles. The zero-order chi connectivity index (χ0) is 19.3. The Bertz CT molecular complexity index is 945. The van der Waals surface area contributed by atoms with E-state index >= 15 is 0 Å². The Hall–Kier alpha value is -2.99. The Morgan fingerprint density at radius 2 is 1.86 bits per heavy atom. The van der Waals surface area contributed by atoms with Gasteiger partial charge in [-0.1, -0.05) is 35.5 Å². The van der Waals surface area contributed by atoms with Crippen LogP contribution in [0.4, 0.5) is 5.69 Å². The van der Waals surface area contributed by atoms with Crippen LogP contribution in [0, 0.1) is 6.92 Å². The van der Waals surface area contributed by atoms with Gasteiger partial charge in [0.25, 0.3) is 5.91 Å². The van der Waals surface area contributed by atoms with E-state index in [-0.39, 0.29) is 5.91 Å². The molecule has 2 heterocycles. The summed E-state index contributed by atoms with van der Waals surface area (Å²) >= 11 is 0. The standard InChI is InChI=1S/C22H25N5O/c1-17-9-10-18(15-20(17)22(28)23-19-7-3-2-4-8-19)21-16-27(25-24-21)14-13-26-11-5-6-12-26/h2-4,7-10,15-16H,5-6,11-14H2,1H3,(H,23,28). The number of nitrogens with zero attached hydrogens (tertiary/aromatic N) is 4. The molecule has 0 radical (unpaired) electrons. The van der Waals surface area contributed by atoms with Gasteiger partial charge in [0.2, 0.25) is 0 Å². The second kappa shape index (κ2) is 8.35. The van der Waals surface area contributed by atoms with Crippen LogP contribution >= 0.6 is 0 Å². The van der Waals surface area contributed by atoms with Crippen molar-refractivity contribution in [2.75, 3.05) is 25.0 Å². The van der Waals surface area contributed by atoms with Crippen LogP contribution in [0.5, 0.6) is 0 Å². The molecule has 1 fully saturated rings. The topological polar surface area (TPSA) is 63.1 Å². The van der Waals surface area contributed by atoms with Gasteiger partial charge < -0.3 is 10.2 Å². The van der Waals surface area contributed by atoms with Gasteiger partial charge in [-0.3, -0.25) is 9.48 Å². The van der Waals surface area contributed by atoms with Gasteiger partial charge >= 0.3 is 0 Å². The number of aryl methyl sites for hydroxylation is 1. The van der Waals surface area contributed by atoms with Crippen LogP contribution in [0.15, 0.2) is 54.7 Å². The summed E-state index contributed by atoms with van der Waals surface area (Å²) in [5, 5.41) is 11.5. The maximum atomic E-state index is 12.7. The molecule has 0 atom stereocenters. The summed E-state index contributed by atoms with van der Waals surface area (Å²) < 4.78 is 1.89. The SMILES string of the molecule is Cc1ccc(-c2cn(CCN3CCCC3)nn2)cc1C(=O)Nc1ccccc1. The third kappa shape index (κ3) is 4.28. The number of aromatic nitrogens is 3. The number of likely N-dealkylation sites (tertiary alicyclic amines) is 1. The summed E-state index contributed by atoms with van der Waals surface area (Å²) in [7, 11) is 0. The van der Waals surface area contributed by atoms with E-state index in [1.807, 2.05) is 66.3 Å². The van der Waals surface area contributed by atoms with Crippen molar-refractivity contribution in [3.63, 3.8) is 0 Å². The van der Waals surface area contributed by atoms with Crippen LogP contribution in [-0.4, -0.2) is 45.4 Å². The van der Waals surface area contributed by atoms with Crippen LogP contribution in [-0.2, 0) is 6.54 Å². The lowest BCUT2D eigenvalue weighted by molar-refractivity contribution is 0.102. The van der Waals surface area contributed by atoms with Gasteiger partial charge in [0.1, 0.15) is 5.69 Å². The van der Waals surface area contributed by atoms with E-state index in [2.05, 4.69) is 20.5 Å². The highest BCUT2D eigenvalue weighted by Gasteiger charge is 2.14. The zero-order valence-corrected chi connectivity index (χ0v) is 16.1. The Labute approximate surface area is 165 Å². The van der Waals surface area contributed by atoms with E-state index < -0.39 is 0 Å². The van der Waals surface area contributed by atoms with Gasteiger partial charge in [-0.15, -0.1) is 5.10 Å². The molecule has 1 N–H and O–H groups in total. The quantitative estimate of drug-likeness (QED) is 0.715. The Kier molecular flexibility index (Phi) is 5.48. The van der Waals surface area contributed by atoms with Crippen LogP contribution in [0.2, 0.25) is 0 Å². The number of para-hydroxylation sites is 1. The molecule has 6 heteroatoms. The predicted molar refractivity (Wildman–Crippen MR) is 110 cm³/mol. The molecular weight excluding hydrogens is 350 g/mol. The van der Waals surface area contributed by atoms with Crippen molar-refractivity contribution in [3.05, 3.63) is 65.9 Å². The van der Waals surface area contributed by atoms with Crippen LogP contribution in [0.1, 0.15) is 28.8 Å². The van der Waals surface area contributed by atoms with Crippen LogP contribution in [0.25, 0.3) is 11.3 Å². The molecule has 144 valence electrons. The summed E-state index contributed by atoms with van der Waals surface area (Å²) in [6, 6.07) is 15.3. The molecule has 0 aliphatic carbocycles. The fraction of sp³-hybridized carbons (Fsp3) is 0.318. The lowest BCUT2D eigenvalue weighted by Gasteiger charge is -2.13. The summed E-state index contributed by atoms with van der Waals surface area (Å²) in [5.74, 6) is -0.119. The predicted octanol–water partition coefficient (Wildman–Crippen LogP) is 3.60. The maximum Gasteiger partial charge on any atom is 0.255 e. The molecule has 0 unspecified atom stereocenters. The van der Waals surface area contributed by atoms with E-state index in [0.29, 0.717) is 5.56 Å². The van der Waals surface area contributed by atoms with Gasteiger partial charge in [0.05, 0.1) is 12.7 Å². The molecule has 1 saturated heterocycles. The number of hydrogen-bond acceptors (Lipinski definition) is 4. The summed E-state index contributed by atoms with van der Waals surface area (Å²) in [6.07, 6.45) is 4.54. The van der Waals surface area contributed by atoms with E-state index in [1.165, 1.54) is 25.9 Å². The van der Waals surface area contributed by atoms with Crippen molar-refractivity contribution in [1.29, 1.82) is 0 Å². The van der Waals surface area contributed by atoms with Crippen molar-refractivity contribution in [2.45, 2.75) is 26.3 Å². The molecule has 1 aliphatic heterocycles. The first-order valence-electron chi connectivity index (χ1n) is 9.79. The van der Waals surface area contributed by atoms with Gasteiger partial charge in [-0.25, -0.2) is 0 Å². The normalized spacial score (nSPS) is 14.3. The molecule has 3 aromatic rings. The lowest BCUT2D eigenvalue weighted by atomic mass is 10.0. The maximum absolute atomic E-state index is 12.7. The highest BCUT2D eigenvalue weighted by atomic mass is 16.1. The zero-order valence-electron chi connectivity index (χ0n) is 16.1. The fourth-order valence-corrected chi connectivity index (χ4v) is 3.54. The van der Waals surface area contributed by atoms with Crippen LogP contribution < -0.4 is 5.32 Å². The van der Waals surface area contributed by atoms with Gasteiger partial charge in [-0.2, -0.15) is 0 Å². The summed E-state index contributed by atoms with van der Waals surface area (Å²) in [6.45, 7) is 6.14. The lowest BCUT2D eigenvalue weighted by Crippen LogP contribution is -2.24. The highest BCUT2D eigenvalue weighted by Crippen LogP contribution is 2.21. The van der Waals surface area contributed by atoms with Crippen LogP contribution in [0.3, 0.4) is 0 Å². The monoisotopic (exact) mass is 375 g/mol. The first-order chi connectivity index (χ1) is 13.7. The number of hydrogen-bond donors (Lipinski definition) is 1. The van der Waals surface area contributed by atoms with E-state index in [4.69, 9.17) is 0 Å². The Balaban J connectivity index is 1.48. The number of carbonyl (C=O) groups is 1. The molecule has 0 bridgehead atoms. The minimum Gasteiger partial charge on any atom is -0.322 e. The molecule has 1 amide bonds. The van der Waals surface area contributed by atoms with Crippen molar-refractivity contribution in [1.82, 2.24) is 19.9 Å². The van der Waals surface area contributed by atoms with Crippen molar-refractivity contribution >= 4 is 11.6 Å². The fourth-order valence-electron chi connectivity index (χ4n) is 3.54. The number of carbonyl (C=O) groups excluding carboxylic acids is 1. The number of amides is 1. The highest BCUT2D eigenvalue weighted by molar-refractivity contribution is 6.05. The molecule has 28 heavy (non-hydrogen) atoms. The number of rotatable bonds is 6. The smallest absolute Gasteiger partial charge is 0.255 e. The second-order valence-corrected chi connectivity index (χ2v) is 7.27. The second-order valence-electron chi connectivity index (χ2n) is 7.27. The van der Waals surface area contributed by atoms with Crippen molar-refractivity contribution in [3.8, 4) is 11.3 Å². The Morgan fingerprint density at radius 1 is 1.07 bits per heavy atom. The molecular formula is C22H25N5O. The number of benzene rings is 2. The molecule has 4 rings (SSSR count). The van der Waals surface area contributed by atoms with Crippen molar-refractivity contribution in [2.24, 2.45) is 0 Å².